The second-order valence-corrected chi connectivity index (χ2v) is 8.15. The number of ether oxygens (including phenoxy) is 3. The lowest BCUT2D eigenvalue weighted by atomic mass is 10.1. The summed E-state index contributed by atoms with van der Waals surface area (Å²) in [6.45, 7) is 0.213. The number of amides is 1. The zero-order valence-electron chi connectivity index (χ0n) is 18.5. The van der Waals surface area contributed by atoms with E-state index in [2.05, 4.69) is 26.5 Å². The van der Waals surface area contributed by atoms with Gasteiger partial charge in [0.1, 0.15) is 23.9 Å². The standard InChI is InChI=1S/C27H23BrN2O4/c1-32-22-10-6-7-19(15-22)17-33-24-12-5-3-9-21(24)16-29-30-26(31)18-34-25-14-13-20-8-2-4-11-23(20)27(25)28/h2-16H,17-18H2,1H3,(H,30,31)/b29-16+. The zero-order valence-corrected chi connectivity index (χ0v) is 20.1. The predicted octanol–water partition coefficient (Wildman–Crippen LogP) is 5.72. The van der Waals surface area contributed by atoms with Gasteiger partial charge < -0.3 is 14.2 Å². The molecule has 0 radical (unpaired) electrons. The Morgan fingerprint density at radius 2 is 1.76 bits per heavy atom. The van der Waals surface area contributed by atoms with E-state index in [1.165, 1.54) is 0 Å². The van der Waals surface area contributed by atoms with E-state index in [1.807, 2.05) is 84.9 Å². The van der Waals surface area contributed by atoms with Crippen molar-refractivity contribution in [3.63, 3.8) is 0 Å². The highest BCUT2D eigenvalue weighted by Crippen LogP contribution is 2.33. The van der Waals surface area contributed by atoms with Gasteiger partial charge in [-0.2, -0.15) is 5.10 Å². The fourth-order valence-electron chi connectivity index (χ4n) is 3.32. The Bertz CT molecular complexity index is 1320. The molecule has 0 saturated heterocycles. The minimum absolute atomic E-state index is 0.164. The van der Waals surface area contributed by atoms with E-state index in [1.54, 1.807) is 13.3 Å². The lowest BCUT2D eigenvalue weighted by molar-refractivity contribution is -0.123. The van der Waals surface area contributed by atoms with Crippen LogP contribution in [0.2, 0.25) is 0 Å². The molecule has 0 saturated carbocycles. The van der Waals surface area contributed by atoms with Gasteiger partial charge in [-0.25, -0.2) is 5.43 Å². The number of fused-ring (bicyclic) bond motifs is 1. The third-order valence-corrected chi connectivity index (χ3v) is 5.84. The number of hydrazone groups is 1. The number of para-hydroxylation sites is 1. The Labute approximate surface area is 206 Å². The average Bonchev–Trinajstić information content (AvgIpc) is 2.88. The number of methoxy groups -OCH3 is 1. The van der Waals surface area contributed by atoms with E-state index < -0.39 is 0 Å². The fraction of sp³-hybridized carbons (Fsp3) is 0.111. The topological polar surface area (TPSA) is 69.2 Å². The van der Waals surface area contributed by atoms with Crippen molar-refractivity contribution in [2.24, 2.45) is 5.10 Å². The Morgan fingerprint density at radius 1 is 0.941 bits per heavy atom. The molecule has 0 aliphatic rings. The zero-order chi connectivity index (χ0) is 23.8. The van der Waals surface area contributed by atoms with Crippen LogP contribution in [0.3, 0.4) is 0 Å². The molecule has 0 fully saturated rings. The molecule has 0 aliphatic carbocycles. The number of carbonyl (C=O) groups excluding carboxylic acids is 1. The minimum atomic E-state index is -0.369. The van der Waals surface area contributed by atoms with E-state index in [-0.39, 0.29) is 12.5 Å². The van der Waals surface area contributed by atoms with Crippen molar-refractivity contribution in [2.75, 3.05) is 13.7 Å². The summed E-state index contributed by atoms with van der Waals surface area (Å²) in [5.41, 5.74) is 4.21. The molecule has 0 spiro atoms. The largest absolute Gasteiger partial charge is 0.497 e. The molecule has 4 aromatic carbocycles. The predicted molar refractivity (Wildman–Crippen MR) is 137 cm³/mol. The Hall–Kier alpha value is -3.84. The highest BCUT2D eigenvalue weighted by molar-refractivity contribution is 9.10. The van der Waals surface area contributed by atoms with Gasteiger partial charge in [0.15, 0.2) is 6.61 Å². The highest BCUT2D eigenvalue weighted by Gasteiger charge is 2.08. The summed E-state index contributed by atoms with van der Waals surface area (Å²) in [5, 5.41) is 6.16. The smallest absolute Gasteiger partial charge is 0.277 e. The van der Waals surface area contributed by atoms with Gasteiger partial charge in [-0.15, -0.1) is 0 Å². The van der Waals surface area contributed by atoms with Crippen molar-refractivity contribution in [1.82, 2.24) is 5.43 Å². The second-order valence-electron chi connectivity index (χ2n) is 7.36. The number of hydrogen-bond acceptors (Lipinski definition) is 5. The Morgan fingerprint density at radius 3 is 2.65 bits per heavy atom. The quantitative estimate of drug-likeness (QED) is 0.227. The first-order valence-electron chi connectivity index (χ1n) is 10.6. The van der Waals surface area contributed by atoms with Gasteiger partial charge in [-0.3, -0.25) is 4.79 Å². The van der Waals surface area contributed by atoms with Crippen molar-refractivity contribution in [3.8, 4) is 17.2 Å². The van der Waals surface area contributed by atoms with Crippen molar-refractivity contribution in [1.29, 1.82) is 0 Å². The number of halogens is 1. The van der Waals surface area contributed by atoms with Crippen LogP contribution < -0.4 is 19.6 Å². The molecule has 1 amide bonds. The third kappa shape index (κ3) is 5.94. The number of benzene rings is 4. The fourth-order valence-corrected chi connectivity index (χ4v) is 3.92. The Balaban J connectivity index is 1.32. The van der Waals surface area contributed by atoms with Crippen molar-refractivity contribution < 1.29 is 19.0 Å². The number of nitrogens with zero attached hydrogens (tertiary/aromatic N) is 1. The molecular weight excluding hydrogens is 496 g/mol. The third-order valence-electron chi connectivity index (χ3n) is 5.03. The van der Waals surface area contributed by atoms with Gasteiger partial charge in [-0.1, -0.05) is 54.6 Å². The molecular formula is C27H23BrN2O4. The maximum Gasteiger partial charge on any atom is 0.277 e. The Kier molecular flexibility index (Phi) is 7.78. The van der Waals surface area contributed by atoms with Crippen LogP contribution in [0.25, 0.3) is 10.8 Å². The van der Waals surface area contributed by atoms with Gasteiger partial charge >= 0.3 is 0 Å². The number of nitrogens with one attached hydrogen (secondary N) is 1. The first-order chi connectivity index (χ1) is 16.6. The summed E-state index contributed by atoms with van der Waals surface area (Å²) in [5.74, 6) is 1.65. The summed E-state index contributed by atoms with van der Waals surface area (Å²) >= 11 is 3.56. The van der Waals surface area contributed by atoms with Crippen LogP contribution in [-0.4, -0.2) is 25.8 Å². The summed E-state index contributed by atoms with van der Waals surface area (Å²) in [6.07, 6.45) is 1.55. The molecule has 6 nitrogen and oxygen atoms in total. The SMILES string of the molecule is COc1cccc(COc2ccccc2/C=N/NC(=O)COc2ccc3ccccc3c2Br)c1. The molecule has 0 aliphatic heterocycles. The molecule has 1 N–H and O–H groups in total. The van der Waals surface area contributed by atoms with Crippen LogP contribution >= 0.6 is 15.9 Å². The normalized spacial score (nSPS) is 10.9. The number of rotatable bonds is 9. The van der Waals surface area contributed by atoms with E-state index in [0.29, 0.717) is 18.1 Å². The van der Waals surface area contributed by atoms with Gasteiger partial charge in [0.2, 0.25) is 0 Å². The summed E-state index contributed by atoms with van der Waals surface area (Å²) in [6, 6.07) is 26.9. The number of hydrogen-bond donors (Lipinski definition) is 1. The maximum atomic E-state index is 12.2. The summed E-state index contributed by atoms with van der Waals surface area (Å²) in [7, 11) is 1.63. The van der Waals surface area contributed by atoms with Crippen molar-refractivity contribution in [2.45, 2.75) is 6.61 Å². The van der Waals surface area contributed by atoms with E-state index in [4.69, 9.17) is 14.2 Å². The van der Waals surface area contributed by atoms with Crippen LogP contribution in [0.5, 0.6) is 17.2 Å². The monoisotopic (exact) mass is 518 g/mol. The molecule has 4 aromatic rings. The lowest BCUT2D eigenvalue weighted by Gasteiger charge is -2.10. The van der Waals surface area contributed by atoms with Gasteiger partial charge in [0.25, 0.3) is 5.91 Å². The highest BCUT2D eigenvalue weighted by atomic mass is 79.9. The summed E-state index contributed by atoms with van der Waals surface area (Å²) in [4.78, 5) is 12.2. The summed E-state index contributed by atoms with van der Waals surface area (Å²) < 4.78 is 17.7. The average molecular weight is 519 g/mol. The first kappa shape index (κ1) is 23.3. The van der Waals surface area contributed by atoms with Crippen LogP contribution in [0, 0.1) is 0 Å². The molecule has 0 aromatic heterocycles. The molecule has 172 valence electrons. The van der Waals surface area contributed by atoms with E-state index in [9.17, 15) is 4.79 Å². The van der Waals surface area contributed by atoms with E-state index in [0.717, 1.165) is 32.1 Å². The van der Waals surface area contributed by atoms with Crippen molar-refractivity contribution >= 4 is 38.8 Å². The second kappa shape index (κ2) is 11.3. The van der Waals surface area contributed by atoms with Crippen LogP contribution in [-0.2, 0) is 11.4 Å². The molecule has 4 rings (SSSR count). The van der Waals surface area contributed by atoms with Crippen LogP contribution in [0.4, 0.5) is 0 Å². The molecule has 0 bridgehead atoms. The van der Waals surface area contributed by atoms with Gasteiger partial charge in [-0.05, 0) is 62.6 Å². The van der Waals surface area contributed by atoms with Crippen molar-refractivity contribution in [3.05, 3.63) is 101 Å². The molecule has 0 heterocycles. The van der Waals surface area contributed by atoms with Gasteiger partial charge in [0, 0.05) is 5.56 Å². The molecule has 0 atom stereocenters. The maximum absolute atomic E-state index is 12.2. The lowest BCUT2D eigenvalue weighted by Crippen LogP contribution is -2.24. The first-order valence-corrected chi connectivity index (χ1v) is 11.4. The van der Waals surface area contributed by atoms with Crippen LogP contribution in [0.15, 0.2) is 94.5 Å². The number of carbonyl (C=O) groups is 1. The molecule has 0 unspecified atom stereocenters. The van der Waals surface area contributed by atoms with Gasteiger partial charge in [0.05, 0.1) is 17.8 Å². The van der Waals surface area contributed by atoms with E-state index >= 15 is 0 Å². The van der Waals surface area contributed by atoms with Crippen LogP contribution in [0.1, 0.15) is 11.1 Å². The molecule has 7 heteroatoms. The molecule has 34 heavy (non-hydrogen) atoms. The minimum Gasteiger partial charge on any atom is -0.497 e.